The van der Waals surface area contributed by atoms with Crippen molar-refractivity contribution in [1.82, 2.24) is 5.32 Å². The lowest BCUT2D eigenvalue weighted by molar-refractivity contribution is 0.542. The molecule has 0 unspecified atom stereocenters. The first-order chi connectivity index (χ1) is 5.68. The summed E-state index contributed by atoms with van der Waals surface area (Å²) in [6.45, 7) is 0.482. The summed E-state index contributed by atoms with van der Waals surface area (Å²) in [5.74, 6) is -0.250. The summed E-state index contributed by atoms with van der Waals surface area (Å²) in [5, 5.41) is 2.78. The van der Waals surface area contributed by atoms with E-state index in [2.05, 4.69) is 5.32 Å². The van der Waals surface area contributed by atoms with Gasteiger partial charge in [0.1, 0.15) is 12.1 Å². The predicted octanol–water partition coefficient (Wildman–Crippen LogP) is 0.116. The Morgan fingerprint density at radius 1 is 1.42 bits per heavy atom. The molecule has 0 saturated carbocycles. The van der Waals surface area contributed by atoms with E-state index in [4.69, 9.17) is 11.5 Å². The Kier molecular flexibility index (Phi) is 3.16. The van der Waals surface area contributed by atoms with E-state index >= 15 is 0 Å². The van der Waals surface area contributed by atoms with Gasteiger partial charge < -0.3 is 11.5 Å². The lowest BCUT2D eigenvalue weighted by Gasteiger charge is -2.07. The van der Waals surface area contributed by atoms with Crippen molar-refractivity contribution in [2.24, 2.45) is 11.5 Å². The fraction of sp³-hybridized carbons (Fsp3) is 0.250. The van der Waals surface area contributed by atoms with Gasteiger partial charge in [-0.2, -0.15) is 0 Å². The van der Waals surface area contributed by atoms with Crippen LogP contribution in [0.3, 0.4) is 0 Å². The molecule has 0 aliphatic rings. The normalized spacial score (nSPS) is 10.7. The summed E-state index contributed by atoms with van der Waals surface area (Å²) in [4.78, 5) is 0. The highest BCUT2D eigenvalue weighted by Gasteiger charge is 1.95. The first kappa shape index (κ1) is 9.12. The molecule has 0 aliphatic heterocycles. The number of nitrogens with two attached hydrogens (primary N) is 2. The lowest BCUT2D eigenvalue weighted by Crippen LogP contribution is -2.44. The molecular formula is C8H12FN3. The first-order valence-electron chi connectivity index (χ1n) is 3.67. The quantitative estimate of drug-likeness (QED) is 0.561. The van der Waals surface area contributed by atoms with Crippen molar-refractivity contribution >= 4 is 0 Å². The number of hydrogen-bond donors (Lipinski definition) is 3. The van der Waals surface area contributed by atoms with Crippen molar-refractivity contribution in [2.45, 2.75) is 12.8 Å². The highest BCUT2D eigenvalue weighted by atomic mass is 18.2. The maximum atomic E-state index is 12.6. The second-order valence-corrected chi connectivity index (χ2v) is 2.54. The van der Waals surface area contributed by atoms with Crippen molar-refractivity contribution in [3.05, 3.63) is 35.6 Å². The second-order valence-electron chi connectivity index (χ2n) is 2.54. The maximum absolute atomic E-state index is 12.6. The number of hydrogen-bond acceptors (Lipinski definition) is 3. The van der Waals surface area contributed by atoms with E-state index in [1.165, 1.54) is 12.1 Å². The van der Waals surface area contributed by atoms with Crippen LogP contribution in [0.2, 0.25) is 0 Å². The van der Waals surface area contributed by atoms with Gasteiger partial charge >= 0.3 is 0 Å². The summed E-state index contributed by atoms with van der Waals surface area (Å²) in [6.07, 6.45) is -0.562. The van der Waals surface area contributed by atoms with Crippen LogP contribution in [0, 0.1) is 5.82 Å². The van der Waals surface area contributed by atoms with E-state index in [1.54, 1.807) is 12.1 Å². The smallest absolute Gasteiger partial charge is 0.123 e. The molecule has 0 atom stereocenters. The Morgan fingerprint density at radius 3 is 2.75 bits per heavy atom. The summed E-state index contributed by atoms with van der Waals surface area (Å²) in [6, 6.07) is 6.29. The van der Waals surface area contributed by atoms with Gasteiger partial charge in [-0.25, -0.2) is 4.39 Å². The van der Waals surface area contributed by atoms with Crippen LogP contribution in [-0.4, -0.2) is 6.29 Å². The minimum absolute atomic E-state index is 0.250. The van der Waals surface area contributed by atoms with Gasteiger partial charge in [-0.3, -0.25) is 5.32 Å². The van der Waals surface area contributed by atoms with E-state index in [0.29, 0.717) is 6.54 Å². The van der Waals surface area contributed by atoms with Crippen LogP contribution in [0.15, 0.2) is 24.3 Å². The second kappa shape index (κ2) is 4.15. The number of benzene rings is 1. The molecule has 66 valence electrons. The van der Waals surface area contributed by atoms with Crippen molar-refractivity contribution in [3.8, 4) is 0 Å². The molecule has 5 N–H and O–H groups in total. The van der Waals surface area contributed by atoms with Gasteiger partial charge in [0, 0.05) is 6.54 Å². The average Bonchev–Trinajstić information content (AvgIpc) is 2.01. The minimum Gasteiger partial charge on any atom is -0.304 e. The average molecular weight is 168 g/mol. The van der Waals surface area contributed by atoms with Gasteiger partial charge in [-0.15, -0.1) is 0 Å². The fourth-order valence-corrected chi connectivity index (χ4v) is 0.883. The molecule has 1 rings (SSSR count). The Balaban J connectivity index is 2.52. The molecule has 0 heterocycles. The van der Waals surface area contributed by atoms with E-state index in [1.807, 2.05) is 0 Å². The van der Waals surface area contributed by atoms with Crippen molar-refractivity contribution in [1.29, 1.82) is 0 Å². The molecule has 0 radical (unpaired) electrons. The molecule has 0 aliphatic carbocycles. The van der Waals surface area contributed by atoms with E-state index in [-0.39, 0.29) is 5.82 Å². The first-order valence-corrected chi connectivity index (χ1v) is 3.67. The van der Waals surface area contributed by atoms with Crippen LogP contribution >= 0.6 is 0 Å². The third-order valence-electron chi connectivity index (χ3n) is 1.43. The zero-order valence-electron chi connectivity index (χ0n) is 6.63. The van der Waals surface area contributed by atoms with Crippen LogP contribution in [0.1, 0.15) is 5.56 Å². The molecule has 0 amide bonds. The van der Waals surface area contributed by atoms with Crippen LogP contribution < -0.4 is 16.8 Å². The third-order valence-corrected chi connectivity index (χ3v) is 1.43. The molecule has 0 bridgehead atoms. The monoisotopic (exact) mass is 168 g/mol. The Morgan fingerprint density at radius 2 is 2.17 bits per heavy atom. The largest absolute Gasteiger partial charge is 0.304 e. The summed E-state index contributed by atoms with van der Waals surface area (Å²) < 4.78 is 12.6. The molecule has 0 saturated heterocycles. The van der Waals surface area contributed by atoms with Gasteiger partial charge in [0.05, 0.1) is 0 Å². The number of halogens is 1. The van der Waals surface area contributed by atoms with Gasteiger partial charge in [-0.05, 0) is 17.7 Å². The van der Waals surface area contributed by atoms with Crippen LogP contribution in [0.5, 0.6) is 0 Å². The Labute approximate surface area is 70.6 Å². The highest BCUT2D eigenvalue weighted by Crippen LogP contribution is 2.02. The van der Waals surface area contributed by atoms with Crippen molar-refractivity contribution in [3.63, 3.8) is 0 Å². The topological polar surface area (TPSA) is 64.1 Å². The van der Waals surface area contributed by atoms with E-state index in [0.717, 1.165) is 5.56 Å². The van der Waals surface area contributed by atoms with Crippen molar-refractivity contribution in [2.75, 3.05) is 0 Å². The standard InChI is InChI=1S/C8H12FN3/c9-7-3-1-2-6(4-7)5-12-8(10)11/h1-4,8,12H,5,10-11H2/i9-1. The molecule has 1 aromatic carbocycles. The highest BCUT2D eigenvalue weighted by molar-refractivity contribution is 5.15. The fourth-order valence-electron chi connectivity index (χ4n) is 0.883. The summed E-state index contributed by atoms with van der Waals surface area (Å²) >= 11 is 0. The van der Waals surface area contributed by atoms with Crippen LogP contribution in [-0.2, 0) is 6.54 Å². The number of rotatable bonds is 3. The molecule has 4 heteroatoms. The van der Waals surface area contributed by atoms with E-state index < -0.39 is 6.29 Å². The zero-order chi connectivity index (χ0) is 8.97. The Hall–Kier alpha value is -0.970. The molecule has 0 spiro atoms. The molecule has 0 fully saturated rings. The SMILES string of the molecule is NC(N)NCc1cccc([18F])c1. The van der Waals surface area contributed by atoms with Gasteiger partial charge in [0.2, 0.25) is 0 Å². The van der Waals surface area contributed by atoms with Crippen LogP contribution in [0.25, 0.3) is 0 Å². The van der Waals surface area contributed by atoms with E-state index in [9.17, 15) is 4.39 Å². The van der Waals surface area contributed by atoms with Crippen LogP contribution in [0.4, 0.5) is 4.39 Å². The molecular weight excluding hydrogens is 156 g/mol. The number of nitrogens with one attached hydrogen (secondary N) is 1. The summed E-state index contributed by atoms with van der Waals surface area (Å²) in [5.41, 5.74) is 11.3. The predicted molar refractivity (Wildman–Crippen MR) is 45.4 cm³/mol. The molecule has 12 heavy (non-hydrogen) atoms. The Bertz CT molecular complexity index is 250. The summed E-state index contributed by atoms with van der Waals surface area (Å²) in [7, 11) is 0. The maximum Gasteiger partial charge on any atom is 0.123 e. The lowest BCUT2D eigenvalue weighted by atomic mass is 10.2. The van der Waals surface area contributed by atoms with Gasteiger partial charge in [0.15, 0.2) is 0 Å². The van der Waals surface area contributed by atoms with Gasteiger partial charge in [-0.1, -0.05) is 12.1 Å². The minimum atomic E-state index is -0.562. The zero-order valence-corrected chi connectivity index (χ0v) is 6.63. The van der Waals surface area contributed by atoms with Crippen molar-refractivity contribution < 1.29 is 4.39 Å². The molecule has 3 nitrogen and oxygen atoms in total. The van der Waals surface area contributed by atoms with Gasteiger partial charge in [0.25, 0.3) is 0 Å². The molecule has 1 aromatic rings. The molecule has 0 aromatic heterocycles. The third kappa shape index (κ3) is 2.96.